The number of thiol groups is 1. The lowest BCUT2D eigenvalue weighted by Crippen LogP contribution is -2.25. The Morgan fingerprint density at radius 2 is 1.90 bits per heavy atom. The van der Waals surface area contributed by atoms with Crippen molar-refractivity contribution in [2.24, 2.45) is 7.05 Å². The molecule has 0 aliphatic heterocycles. The number of nitrogens with zero attached hydrogens (tertiary/aromatic N) is 1. The third-order valence-electron chi connectivity index (χ3n) is 3.06. The summed E-state index contributed by atoms with van der Waals surface area (Å²) in [5.74, 6) is 0. The summed E-state index contributed by atoms with van der Waals surface area (Å²) >= 11 is 4.36. The Labute approximate surface area is 132 Å². The van der Waals surface area contributed by atoms with E-state index < -0.39 is 0 Å². The molecule has 0 radical (unpaired) electrons. The Morgan fingerprint density at radius 3 is 2.43 bits per heavy atom. The van der Waals surface area contributed by atoms with Gasteiger partial charge in [-0.15, -0.1) is 12.6 Å². The Bertz CT molecular complexity index is 754. The zero-order chi connectivity index (χ0) is 16.0. The number of rotatable bonds is 6. The average Bonchev–Trinajstić information content (AvgIpc) is 2.69. The fraction of sp³-hybridized carbons (Fsp3) is 0.0526. The van der Waals surface area contributed by atoms with Crippen LogP contribution in [0.5, 0.6) is 0 Å². The van der Waals surface area contributed by atoms with Gasteiger partial charge in [-0.2, -0.15) is 0 Å². The second kappa shape index (κ2) is 7.55. The molecule has 1 rings (SSSR count). The van der Waals surface area contributed by atoms with E-state index in [1.807, 2.05) is 42.0 Å². The largest absolute Gasteiger partial charge is 0.344 e. The van der Waals surface area contributed by atoms with E-state index in [0.717, 1.165) is 27.4 Å². The fourth-order valence-electron chi connectivity index (χ4n) is 1.96. The predicted molar refractivity (Wildman–Crippen MR) is 99.4 cm³/mol. The van der Waals surface area contributed by atoms with Gasteiger partial charge in [-0.3, -0.25) is 0 Å². The molecule has 0 bridgehead atoms. The molecule has 2 heteroatoms. The Kier molecular flexibility index (Phi) is 6.07. The van der Waals surface area contributed by atoms with Crippen LogP contribution in [-0.4, -0.2) is 4.57 Å². The summed E-state index contributed by atoms with van der Waals surface area (Å²) in [6, 6.07) is 2.01. The van der Waals surface area contributed by atoms with Crippen molar-refractivity contribution >= 4 is 31.4 Å². The first-order valence-corrected chi connectivity index (χ1v) is 6.92. The van der Waals surface area contributed by atoms with Gasteiger partial charge in [0.15, 0.2) is 0 Å². The van der Waals surface area contributed by atoms with Gasteiger partial charge in [-0.25, -0.2) is 0 Å². The molecule has 0 fully saturated rings. The predicted octanol–water partition coefficient (Wildman–Crippen LogP) is 3.53. The highest BCUT2D eigenvalue weighted by atomic mass is 32.1. The van der Waals surface area contributed by atoms with E-state index in [-0.39, 0.29) is 0 Å². The second-order valence-electron chi connectivity index (χ2n) is 4.57. The monoisotopic (exact) mass is 295 g/mol. The minimum Gasteiger partial charge on any atom is -0.344 e. The van der Waals surface area contributed by atoms with Gasteiger partial charge in [0.25, 0.3) is 0 Å². The molecule has 0 spiro atoms. The third kappa shape index (κ3) is 4.14. The highest BCUT2D eigenvalue weighted by Gasteiger charge is 2.05. The first-order chi connectivity index (χ1) is 9.92. The Morgan fingerprint density at radius 1 is 1.24 bits per heavy atom. The van der Waals surface area contributed by atoms with Crippen LogP contribution in [0, 0.1) is 0 Å². The molecule has 1 heterocycles. The summed E-state index contributed by atoms with van der Waals surface area (Å²) in [6.45, 7) is 19.4. The molecule has 0 amide bonds. The molecule has 21 heavy (non-hydrogen) atoms. The fourth-order valence-corrected chi connectivity index (χ4v) is 2.16. The van der Waals surface area contributed by atoms with Gasteiger partial charge in [-0.1, -0.05) is 57.2 Å². The van der Waals surface area contributed by atoms with Crippen molar-refractivity contribution in [1.29, 1.82) is 0 Å². The van der Waals surface area contributed by atoms with Crippen molar-refractivity contribution in [2.45, 2.75) is 0 Å². The minimum absolute atomic E-state index is 0.662. The maximum atomic E-state index is 4.36. The minimum atomic E-state index is 0.662. The first kappa shape index (κ1) is 16.9. The summed E-state index contributed by atoms with van der Waals surface area (Å²) in [5.41, 5.74) is 2.71. The van der Waals surface area contributed by atoms with Crippen LogP contribution in [0.1, 0.15) is 5.69 Å². The quantitative estimate of drug-likeness (QED) is 0.605. The van der Waals surface area contributed by atoms with Crippen LogP contribution in [0.4, 0.5) is 0 Å². The van der Waals surface area contributed by atoms with E-state index in [0.29, 0.717) is 4.91 Å². The molecule has 0 aromatic carbocycles. The lowest BCUT2D eigenvalue weighted by atomic mass is 10.1. The molecule has 1 nitrogen and oxygen atoms in total. The molecular weight excluding hydrogens is 274 g/mol. The Balaban J connectivity index is 3.44. The molecule has 0 saturated carbocycles. The summed E-state index contributed by atoms with van der Waals surface area (Å²) < 4.78 is 2.05. The molecule has 0 aliphatic rings. The van der Waals surface area contributed by atoms with Crippen molar-refractivity contribution in [1.82, 2.24) is 4.57 Å². The van der Waals surface area contributed by atoms with Crippen molar-refractivity contribution in [3.63, 3.8) is 0 Å². The van der Waals surface area contributed by atoms with Crippen LogP contribution < -0.4 is 10.6 Å². The topological polar surface area (TPSA) is 4.93 Å². The highest BCUT2D eigenvalue weighted by molar-refractivity contribution is 7.84. The molecule has 0 unspecified atom stereocenters. The van der Waals surface area contributed by atoms with Crippen molar-refractivity contribution in [3.8, 4) is 0 Å². The van der Waals surface area contributed by atoms with E-state index >= 15 is 0 Å². The summed E-state index contributed by atoms with van der Waals surface area (Å²) in [6.07, 6.45) is 11.1. The van der Waals surface area contributed by atoms with Crippen LogP contribution in [0.25, 0.3) is 18.7 Å². The molecule has 0 saturated heterocycles. The van der Waals surface area contributed by atoms with E-state index in [4.69, 9.17) is 0 Å². The van der Waals surface area contributed by atoms with Gasteiger partial charge in [0.1, 0.15) is 0 Å². The van der Waals surface area contributed by atoms with Gasteiger partial charge in [-0.05, 0) is 34.6 Å². The number of aromatic nitrogens is 1. The summed E-state index contributed by atoms with van der Waals surface area (Å²) in [5, 5.41) is 1.97. The standard InChI is InChI=1S/C19H21NS/c1-7-9-11-14(3)18(16(5)21)13-17-12-15(4)19(10-8-2)20(17)6/h7-13,21H,1-5H2,6H3/b11-9-,18-13-,19-10+. The van der Waals surface area contributed by atoms with Crippen LogP contribution in [0.3, 0.4) is 0 Å². The van der Waals surface area contributed by atoms with Crippen LogP contribution in [0.15, 0.2) is 72.7 Å². The van der Waals surface area contributed by atoms with E-state index in [1.54, 1.807) is 12.2 Å². The normalized spacial score (nSPS) is 12.7. The molecule has 1 aromatic heterocycles. The van der Waals surface area contributed by atoms with Crippen molar-refractivity contribution in [2.75, 3.05) is 0 Å². The maximum Gasteiger partial charge on any atom is 0.0476 e. The molecule has 0 aliphatic carbocycles. The van der Waals surface area contributed by atoms with Gasteiger partial charge in [0.2, 0.25) is 0 Å². The van der Waals surface area contributed by atoms with Crippen molar-refractivity contribution in [3.05, 3.63) is 89.0 Å². The summed E-state index contributed by atoms with van der Waals surface area (Å²) in [7, 11) is 1.98. The average molecular weight is 295 g/mol. The van der Waals surface area contributed by atoms with Crippen LogP contribution in [0.2, 0.25) is 0 Å². The van der Waals surface area contributed by atoms with E-state index in [2.05, 4.69) is 45.5 Å². The van der Waals surface area contributed by atoms with Crippen LogP contribution in [-0.2, 0) is 7.05 Å². The maximum absolute atomic E-state index is 4.36. The summed E-state index contributed by atoms with van der Waals surface area (Å²) in [4.78, 5) is 0.662. The highest BCUT2D eigenvalue weighted by Crippen LogP contribution is 2.23. The molecule has 0 N–H and O–H groups in total. The lowest BCUT2D eigenvalue weighted by molar-refractivity contribution is 0.877. The van der Waals surface area contributed by atoms with Gasteiger partial charge >= 0.3 is 0 Å². The second-order valence-corrected chi connectivity index (χ2v) is 5.11. The Hall–Kier alpha value is -2.19. The number of hydrogen-bond acceptors (Lipinski definition) is 1. The van der Waals surface area contributed by atoms with E-state index in [1.165, 1.54) is 0 Å². The zero-order valence-electron chi connectivity index (χ0n) is 12.5. The van der Waals surface area contributed by atoms with E-state index in [9.17, 15) is 0 Å². The van der Waals surface area contributed by atoms with Gasteiger partial charge in [0.05, 0.1) is 0 Å². The first-order valence-electron chi connectivity index (χ1n) is 6.48. The molecule has 0 atom stereocenters. The molecule has 108 valence electrons. The number of hydrogen-bond donors (Lipinski definition) is 1. The van der Waals surface area contributed by atoms with Crippen LogP contribution >= 0.6 is 12.6 Å². The smallest absolute Gasteiger partial charge is 0.0476 e. The SMILES string of the molecule is C=C/C=C\C(=C)/C(=C/c1cc(=C)/c(=C\C=C)n1C)C(=C)S. The third-order valence-corrected chi connectivity index (χ3v) is 3.30. The lowest BCUT2D eigenvalue weighted by Gasteiger charge is -2.07. The van der Waals surface area contributed by atoms with Gasteiger partial charge in [0, 0.05) is 23.0 Å². The zero-order valence-corrected chi connectivity index (χ0v) is 13.4. The number of allylic oxidation sites excluding steroid dienone is 6. The van der Waals surface area contributed by atoms with Gasteiger partial charge < -0.3 is 4.57 Å². The molecule has 1 aromatic rings. The molecular formula is C19H21NS. The van der Waals surface area contributed by atoms with Crippen molar-refractivity contribution < 1.29 is 0 Å².